The molecule has 13 saturated carbocycles. The van der Waals surface area contributed by atoms with Crippen molar-refractivity contribution >= 4 is 0 Å². The van der Waals surface area contributed by atoms with Crippen LogP contribution in [0.2, 0.25) is 0 Å². The highest BCUT2D eigenvalue weighted by atomic mass is 19.1. The second kappa shape index (κ2) is 2.77. The molecule has 13 aliphatic carbocycles. The topological polar surface area (TPSA) is 0 Å². The van der Waals surface area contributed by atoms with Crippen molar-refractivity contribution in [2.45, 2.75) is 57.0 Å². The standard InChI is InChI=1S/C22H27F/c23-20-4-14-13-6-21-3-9-1-10-12-7-22(8-20,18(14)16(10)21)19(15(13)5-20)17(21)11(12)2-9/h9-19H,1-8H2. The largest absolute Gasteiger partial charge is 0.244 e. The second-order valence-electron chi connectivity index (χ2n) is 12.2. The highest BCUT2D eigenvalue weighted by molar-refractivity contribution is 5.36. The molecule has 13 aliphatic rings. The number of hydrogen-bond donors (Lipinski definition) is 0. The minimum Gasteiger partial charge on any atom is -0.244 e. The zero-order chi connectivity index (χ0) is 14.5. The van der Waals surface area contributed by atoms with Crippen molar-refractivity contribution in [3.63, 3.8) is 0 Å². The Labute approximate surface area is 138 Å². The molecule has 0 N–H and O–H groups in total. The molecule has 0 aromatic rings. The quantitative estimate of drug-likeness (QED) is 0.609. The fourth-order valence-electron chi connectivity index (χ4n) is 13.5. The van der Waals surface area contributed by atoms with Crippen LogP contribution in [0.5, 0.6) is 0 Å². The first-order valence-electron chi connectivity index (χ1n) is 10.8. The molecule has 0 amide bonds. The van der Waals surface area contributed by atoms with Gasteiger partial charge in [-0.15, -0.1) is 0 Å². The molecular weight excluding hydrogens is 283 g/mol. The van der Waals surface area contributed by atoms with Gasteiger partial charge in [-0.1, -0.05) is 0 Å². The van der Waals surface area contributed by atoms with Gasteiger partial charge >= 0.3 is 0 Å². The SMILES string of the molecule is FC12CC3C4CC56CC7CC8C9CC(C1)(C3C85)C(C4C2)C6C9C7. The van der Waals surface area contributed by atoms with Gasteiger partial charge in [0.05, 0.1) is 0 Å². The van der Waals surface area contributed by atoms with Crippen LogP contribution in [-0.4, -0.2) is 5.67 Å². The van der Waals surface area contributed by atoms with Crippen molar-refractivity contribution in [1.29, 1.82) is 0 Å². The van der Waals surface area contributed by atoms with Gasteiger partial charge in [0.25, 0.3) is 0 Å². The maximum absolute atomic E-state index is 15.7. The van der Waals surface area contributed by atoms with Gasteiger partial charge in [0.1, 0.15) is 5.67 Å². The van der Waals surface area contributed by atoms with Crippen molar-refractivity contribution < 1.29 is 4.39 Å². The van der Waals surface area contributed by atoms with Crippen LogP contribution in [0.1, 0.15) is 51.4 Å². The van der Waals surface area contributed by atoms with Gasteiger partial charge in [0.15, 0.2) is 0 Å². The Morgan fingerprint density at radius 1 is 0.565 bits per heavy atom. The van der Waals surface area contributed by atoms with Crippen LogP contribution >= 0.6 is 0 Å². The summed E-state index contributed by atoms with van der Waals surface area (Å²) in [5, 5.41) is 0. The number of rotatable bonds is 0. The van der Waals surface area contributed by atoms with E-state index in [-0.39, 0.29) is 0 Å². The minimum atomic E-state index is -0.716. The molecule has 8 unspecified atom stereocenters. The predicted octanol–water partition coefficient (Wildman–Crippen LogP) is 4.69. The molecular formula is C22H27F. The summed E-state index contributed by atoms with van der Waals surface area (Å²) in [5.74, 6) is 11.2. The van der Waals surface area contributed by atoms with Crippen LogP contribution in [0, 0.1) is 75.9 Å². The molecule has 1 heteroatoms. The summed E-state index contributed by atoms with van der Waals surface area (Å²) in [5.41, 5.74) is 0.613. The lowest BCUT2D eigenvalue weighted by Gasteiger charge is -2.91. The summed E-state index contributed by atoms with van der Waals surface area (Å²) in [6.45, 7) is 0. The van der Waals surface area contributed by atoms with E-state index in [2.05, 4.69) is 0 Å². The van der Waals surface area contributed by atoms with Crippen molar-refractivity contribution in [2.75, 3.05) is 0 Å². The third-order valence-electron chi connectivity index (χ3n) is 12.4. The van der Waals surface area contributed by atoms with Gasteiger partial charge in [0, 0.05) is 0 Å². The third kappa shape index (κ3) is 0.822. The first-order chi connectivity index (χ1) is 11.1. The Balaban J connectivity index is 1.41. The van der Waals surface area contributed by atoms with Crippen LogP contribution < -0.4 is 0 Å². The molecule has 0 heterocycles. The molecule has 2 spiro atoms. The maximum Gasteiger partial charge on any atom is 0.112 e. The molecule has 122 valence electrons. The molecule has 0 radical (unpaired) electrons. The van der Waals surface area contributed by atoms with Crippen molar-refractivity contribution in [3.8, 4) is 0 Å². The van der Waals surface area contributed by atoms with E-state index in [0.717, 1.165) is 89.8 Å². The van der Waals surface area contributed by atoms with Gasteiger partial charge < -0.3 is 0 Å². The van der Waals surface area contributed by atoms with E-state index < -0.39 is 5.67 Å². The summed E-state index contributed by atoms with van der Waals surface area (Å²) < 4.78 is 15.7. The van der Waals surface area contributed by atoms with Crippen LogP contribution in [0.25, 0.3) is 0 Å². The van der Waals surface area contributed by atoms with Crippen LogP contribution in [0.15, 0.2) is 0 Å². The normalized spacial score (nSPS) is 85.2. The number of hydrogen-bond acceptors (Lipinski definition) is 0. The van der Waals surface area contributed by atoms with E-state index in [0.29, 0.717) is 5.41 Å². The Kier molecular flexibility index (Phi) is 1.39. The van der Waals surface area contributed by atoms with Gasteiger partial charge in [-0.25, -0.2) is 4.39 Å². The lowest BCUT2D eigenvalue weighted by Crippen LogP contribution is -2.86. The fourth-order valence-corrected chi connectivity index (χ4v) is 13.5. The molecule has 23 heavy (non-hydrogen) atoms. The monoisotopic (exact) mass is 310 g/mol. The van der Waals surface area contributed by atoms with E-state index >= 15 is 4.39 Å². The highest BCUT2D eigenvalue weighted by Gasteiger charge is 2.88. The van der Waals surface area contributed by atoms with Crippen LogP contribution in [0.4, 0.5) is 4.39 Å². The lowest BCUT2D eigenvalue weighted by atomic mass is 9.13. The first kappa shape index (κ1) is 11.5. The minimum absolute atomic E-state index is 0.526. The van der Waals surface area contributed by atoms with Gasteiger partial charge in [-0.2, -0.15) is 0 Å². The smallest absolute Gasteiger partial charge is 0.112 e. The average molecular weight is 310 g/mol. The molecule has 0 saturated heterocycles. The molecule has 0 nitrogen and oxygen atoms in total. The molecule has 0 aromatic heterocycles. The molecule has 0 aliphatic heterocycles. The summed E-state index contributed by atoms with van der Waals surface area (Å²) in [6, 6.07) is 0. The Bertz CT molecular complexity index is 654. The maximum atomic E-state index is 15.7. The van der Waals surface area contributed by atoms with Gasteiger partial charge in [-0.3, -0.25) is 0 Å². The van der Waals surface area contributed by atoms with Crippen molar-refractivity contribution in [3.05, 3.63) is 0 Å². The van der Waals surface area contributed by atoms with Gasteiger partial charge in [0.2, 0.25) is 0 Å². The van der Waals surface area contributed by atoms with E-state index in [1.165, 1.54) is 6.42 Å². The predicted molar refractivity (Wildman–Crippen MR) is 84.0 cm³/mol. The lowest BCUT2D eigenvalue weighted by molar-refractivity contribution is -0.439. The second-order valence-corrected chi connectivity index (χ2v) is 12.2. The third-order valence-corrected chi connectivity index (χ3v) is 12.4. The zero-order valence-electron chi connectivity index (χ0n) is 13.9. The molecule has 13 rings (SSSR count). The van der Waals surface area contributed by atoms with E-state index in [9.17, 15) is 0 Å². The van der Waals surface area contributed by atoms with E-state index in [1.807, 2.05) is 0 Å². The van der Waals surface area contributed by atoms with Crippen LogP contribution in [0.3, 0.4) is 0 Å². The first-order valence-corrected chi connectivity index (χ1v) is 10.8. The zero-order valence-corrected chi connectivity index (χ0v) is 13.9. The van der Waals surface area contributed by atoms with Gasteiger partial charge in [-0.05, 0) is 127 Å². The van der Waals surface area contributed by atoms with E-state index in [4.69, 9.17) is 0 Å². The van der Waals surface area contributed by atoms with Crippen LogP contribution in [-0.2, 0) is 0 Å². The number of alkyl halides is 1. The summed E-state index contributed by atoms with van der Waals surface area (Å²) in [4.78, 5) is 0. The summed E-state index contributed by atoms with van der Waals surface area (Å²) in [6.07, 6.45) is 10.9. The van der Waals surface area contributed by atoms with Crippen molar-refractivity contribution in [1.82, 2.24) is 0 Å². The molecule has 8 atom stereocenters. The molecule has 13 fully saturated rings. The summed E-state index contributed by atoms with van der Waals surface area (Å²) in [7, 11) is 0. The van der Waals surface area contributed by atoms with E-state index in [1.54, 1.807) is 25.7 Å². The molecule has 14 bridgehead atoms. The number of halogens is 1. The Hall–Kier alpha value is -0.0700. The Morgan fingerprint density at radius 3 is 1.83 bits per heavy atom. The summed E-state index contributed by atoms with van der Waals surface area (Å²) >= 11 is 0. The Morgan fingerprint density at radius 2 is 1.13 bits per heavy atom. The fraction of sp³-hybridized carbons (Fsp3) is 1.00. The molecule has 0 aromatic carbocycles. The van der Waals surface area contributed by atoms with Crippen molar-refractivity contribution in [2.24, 2.45) is 75.9 Å². The highest BCUT2D eigenvalue weighted by Crippen LogP contribution is 2.93. The average Bonchev–Trinajstić information content (AvgIpc) is 2.51.